The summed E-state index contributed by atoms with van der Waals surface area (Å²) in [6, 6.07) is 11.3. The first kappa shape index (κ1) is 17.2. The number of aliphatic hydroxyl groups excluding tert-OH is 1. The quantitative estimate of drug-likeness (QED) is 0.911. The van der Waals surface area contributed by atoms with Crippen LogP contribution in [0.1, 0.15) is 36.7 Å². The van der Waals surface area contributed by atoms with Gasteiger partial charge in [-0.2, -0.15) is 0 Å². The van der Waals surface area contributed by atoms with Gasteiger partial charge in [-0.25, -0.2) is 0 Å². The van der Waals surface area contributed by atoms with Crippen LogP contribution in [0, 0.1) is 12.3 Å². The Morgan fingerprint density at radius 1 is 1.22 bits per heavy atom. The summed E-state index contributed by atoms with van der Waals surface area (Å²) in [4.78, 5) is 16.8. The Morgan fingerprint density at radius 2 is 1.96 bits per heavy atom. The van der Waals surface area contributed by atoms with Crippen LogP contribution in [-0.2, 0) is 0 Å². The summed E-state index contributed by atoms with van der Waals surface area (Å²) in [6.07, 6.45) is 1.15. The van der Waals surface area contributed by atoms with Crippen molar-refractivity contribution in [2.45, 2.75) is 33.8 Å². The molecule has 2 N–H and O–H groups in total. The number of hydrogen-bond acceptors (Lipinski definition) is 3. The van der Waals surface area contributed by atoms with Crippen LogP contribution in [-0.4, -0.2) is 28.6 Å². The van der Waals surface area contributed by atoms with Gasteiger partial charge in [0.2, 0.25) is 0 Å². The average Bonchev–Trinajstić information content (AvgIpc) is 2.52. The molecule has 4 heteroatoms. The van der Waals surface area contributed by atoms with Crippen LogP contribution in [0.3, 0.4) is 0 Å². The Morgan fingerprint density at radius 3 is 2.57 bits per heavy atom. The third-order valence-electron chi connectivity index (χ3n) is 3.97. The monoisotopic (exact) mass is 312 g/mol. The minimum absolute atomic E-state index is 0.177. The Hall–Kier alpha value is -2.20. The predicted molar refractivity (Wildman–Crippen MR) is 92.2 cm³/mol. The van der Waals surface area contributed by atoms with Gasteiger partial charge in [-0.3, -0.25) is 9.78 Å². The van der Waals surface area contributed by atoms with Crippen molar-refractivity contribution < 1.29 is 9.90 Å². The van der Waals surface area contributed by atoms with E-state index in [-0.39, 0.29) is 17.9 Å². The molecule has 0 fully saturated rings. The summed E-state index contributed by atoms with van der Waals surface area (Å²) in [5.74, 6) is -0.177. The van der Waals surface area contributed by atoms with E-state index < -0.39 is 6.10 Å². The minimum Gasteiger partial charge on any atom is -0.391 e. The molecule has 4 nitrogen and oxygen atoms in total. The number of nitrogens with one attached hydrogen (secondary N) is 1. The van der Waals surface area contributed by atoms with Crippen molar-refractivity contribution in [3.63, 3.8) is 0 Å². The molecule has 2 aromatic rings. The lowest BCUT2D eigenvalue weighted by Crippen LogP contribution is -2.39. The molecule has 0 spiro atoms. The highest BCUT2D eigenvalue weighted by Crippen LogP contribution is 2.24. The summed E-state index contributed by atoms with van der Waals surface area (Å²) >= 11 is 0. The number of amides is 1. The fraction of sp³-hybridized carbons (Fsp3) is 0.368. The smallest absolute Gasteiger partial charge is 0.251 e. The van der Waals surface area contributed by atoms with Gasteiger partial charge in [-0.1, -0.05) is 39.0 Å². The topological polar surface area (TPSA) is 62.2 Å². The van der Waals surface area contributed by atoms with E-state index in [2.05, 4.69) is 10.3 Å². The molecule has 2 rings (SSSR count). The number of nitrogens with zero attached hydrogens (tertiary/aromatic N) is 1. The van der Waals surface area contributed by atoms with Crippen molar-refractivity contribution in [2.75, 3.05) is 6.54 Å². The first-order valence-corrected chi connectivity index (χ1v) is 7.78. The zero-order chi connectivity index (χ0) is 17.0. The highest BCUT2D eigenvalue weighted by atomic mass is 16.3. The third-order valence-corrected chi connectivity index (χ3v) is 3.97. The van der Waals surface area contributed by atoms with Crippen LogP contribution in [0.4, 0.5) is 0 Å². The van der Waals surface area contributed by atoms with E-state index >= 15 is 0 Å². The third kappa shape index (κ3) is 4.17. The van der Waals surface area contributed by atoms with Crippen LogP contribution < -0.4 is 5.32 Å². The van der Waals surface area contributed by atoms with Crippen LogP contribution in [0.15, 0.2) is 42.6 Å². The van der Waals surface area contributed by atoms with Gasteiger partial charge in [0.05, 0.1) is 11.8 Å². The SMILES string of the molecule is Cc1c(C(=O)NCC(O)C(C)(C)C)cccc1-c1ccccn1. The normalized spacial score (nSPS) is 12.7. The van der Waals surface area contributed by atoms with Gasteiger partial charge in [-0.15, -0.1) is 0 Å². The van der Waals surface area contributed by atoms with Crippen molar-refractivity contribution in [3.05, 3.63) is 53.7 Å². The standard InChI is InChI=1S/C19H24N2O2/c1-13-14(16-10-5-6-11-20-16)8-7-9-15(13)18(23)21-12-17(22)19(2,3)4/h5-11,17,22H,12H2,1-4H3,(H,21,23). The van der Waals surface area contributed by atoms with Gasteiger partial charge in [0.1, 0.15) is 0 Å². The van der Waals surface area contributed by atoms with Crippen LogP contribution in [0.25, 0.3) is 11.3 Å². The van der Waals surface area contributed by atoms with E-state index in [9.17, 15) is 9.90 Å². The van der Waals surface area contributed by atoms with Crippen LogP contribution in [0.5, 0.6) is 0 Å². The summed E-state index contributed by atoms with van der Waals surface area (Å²) in [5, 5.41) is 12.9. The molecule has 1 aromatic carbocycles. The molecule has 1 aromatic heterocycles. The van der Waals surface area contributed by atoms with Gasteiger partial charge in [0.15, 0.2) is 0 Å². The summed E-state index contributed by atoms with van der Waals surface area (Å²) in [6.45, 7) is 7.97. The van der Waals surface area contributed by atoms with E-state index in [1.807, 2.05) is 58.0 Å². The molecule has 0 aliphatic rings. The van der Waals surface area contributed by atoms with E-state index in [1.54, 1.807) is 12.3 Å². The summed E-state index contributed by atoms with van der Waals surface area (Å²) in [5.41, 5.74) is 3.00. The van der Waals surface area contributed by atoms with Crippen molar-refractivity contribution in [3.8, 4) is 11.3 Å². The van der Waals surface area contributed by atoms with Crippen molar-refractivity contribution in [2.24, 2.45) is 5.41 Å². The molecular formula is C19H24N2O2. The molecular weight excluding hydrogens is 288 g/mol. The maximum absolute atomic E-state index is 12.4. The molecule has 0 radical (unpaired) electrons. The Bertz CT molecular complexity index is 676. The van der Waals surface area contributed by atoms with Gasteiger partial charge < -0.3 is 10.4 Å². The van der Waals surface area contributed by atoms with Gasteiger partial charge in [-0.05, 0) is 36.1 Å². The molecule has 0 aliphatic heterocycles. The molecule has 0 saturated heterocycles. The molecule has 23 heavy (non-hydrogen) atoms. The number of hydrogen-bond donors (Lipinski definition) is 2. The predicted octanol–water partition coefficient (Wildman–Crippen LogP) is 3.19. The Balaban J connectivity index is 2.19. The van der Waals surface area contributed by atoms with E-state index in [0.717, 1.165) is 16.8 Å². The first-order chi connectivity index (χ1) is 10.8. The largest absolute Gasteiger partial charge is 0.391 e. The highest BCUT2D eigenvalue weighted by molar-refractivity contribution is 5.97. The second-order valence-corrected chi connectivity index (χ2v) is 6.78. The lowest BCUT2D eigenvalue weighted by molar-refractivity contribution is 0.0586. The fourth-order valence-electron chi connectivity index (χ4n) is 2.27. The molecule has 0 bridgehead atoms. The summed E-state index contributed by atoms with van der Waals surface area (Å²) in [7, 11) is 0. The number of benzene rings is 1. The van der Waals surface area contributed by atoms with Crippen molar-refractivity contribution >= 4 is 5.91 Å². The maximum atomic E-state index is 12.4. The zero-order valence-electron chi connectivity index (χ0n) is 14.1. The molecule has 0 saturated carbocycles. The average molecular weight is 312 g/mol. The molecule has 1 unspecified atom stereocenters. The molecule has 122 valence electrons. The fourth-order valence-corrected chi connectivity index (χ4v) is 2.27. The number of rotatable bonds is 4. The lowest BCUT2D eigenvalue weighted by Gasteiger charge is -2.26. The molecule has 1 heterocycles. The molecule has 1 atom stereocenters. The van der Waals surface area contributed by atoms with Crippen LogP contribution >= 0.6 is 0 Å². The molecule has 1 amide bonds. The number of aromatic nitrogens is 1. The van der Waals surface area contributed by atoms with Crippen molar-refractivity contribution in [1.82, 2.24) is 10.3 Å². The Labute approximate surface area is 137 Å². The lowest BCUT2D eigenvalue weighted by atomic mass is 9.89. The first-order valence-electron chi connectivity index (χ1n) is 7.78. The van der Waals surface area contributed by atoms with Gasteiger partial charge in [0, 0.05) is 23.9 Å². The Kier molecular flexibility index (Phi) is 5.16. The van der Waals surface area contributed by atoms with Gasteiger partial charge >= 0.3 is 0 Å². The maximum Gasteiger partial charge on any atom is 0.251 e. The summed E-state index contributed by atoms with van der Waals surface area (Å²) < 4.78 is 0. The highest BCUT2D eigenvalue weighted by Gasteiger charge is 2.23. The van der Waals surface area contributed by atoms with Crippen molar-refractivity contribution in [1.29, 1.82) is 0 Å². The number of aliphatic hydroxyl groups is 1. The van der Waals surface area contributed by atoms with Crippen LogP contribution in [0.2, 0.25) is 0 Å². The number of pyridine rings is 1. The number of carbonyl (C=O) groups is 1. The van der Waals surface area contributed by atoms with Gasteiger partial charge in [0.25, 0.3) is 5.91 Å². The second-order valence-electron chi connectivity index (χ2n) is 6.78. The number of carbonyl (C=O) groups excluding carboxylic acids is 1. The minimum atomic E-state index is -0.592. The van der Waals surface area contributed by atoms with E-state index in [4.69, 9.17) is 0 Å². The van der Waals surface area contributed by atoms with E-state index in [1.165, 1.54) is 0 Å². The molecule has 0 aliphatic carbocycles. The second kappa shape index (κ2) is 6.92. The van der Waals surface area contributed by atoms with E-state index in [0.29, 0.717) is 5.56 Å². The zero-order valence-corrected chi connectivity index (χ0v) is 14.1.